The first-order valence-corrected chi connectivity index (χ1v) is 8.76. The molecule has 2 N–H and O–H groups in total. The second-order valence-electron chi connectivity index (χ2n) is 6.86. The number of amides is 2. The lowest BCUT2D eigenvalue weighted by molar-refractivity contribution is 0.173. The van der Waals surface area contributed by atoms with Crippen molar-refractivity contribution in [3.05, 3.63) is 71.8 Å². The van der Waals surface area contributed by atoms with Crippen molar-refractivity contribution < 1.29 is 9.90 Å². The molecule has 0 aliphatic heterocycles. The van der Waals surface area contributed by atoms with Gasteiger partial charge < -0.3 is 15.3 Å². The summed E-state index contributed by atoms with van der Waals surface area (Å²) in [4.78, 5) is 14.1. The van der Waals surface area contributed by atoms with Crippen LogP contribution in [0, 0.1) is 0 Å². The molecular weight excluding hydrogens is 312 g/mol. The lowest BCUT2D eigenvalue weighted by Gasteiger charge is -2.27. The van der Waals surface area contributed by atoms with Gasteiger partial charge in [-0.2, -0.15) is 0 Å². The summed E-state index contributed by atoms with van der Waals surface area (Å²) in [6.45, 7) is 5.74. The highest BCUT2D eigenvalue weighted by Crippen LogP contribution is 2.26. The Kier molecular flexibility index (Phi) is 7.02. The van der Waals surface area contributed by atoms with Crippen LogP contribution >= 0.6 is 0 Å². The third-order valence-corrected chi connectivity index (χ3v) is 4.45. The van der Waals surface area contributed by atoms with Gasteiger partial charge in [-0.1, -0.05) is 74.5 Å². The molecule has 0 saturated carbocycles. The van der Waals surface area contributed by atoms with Crippen molar-refractivity contribution in [1.29, 1.82) is 0 Å². The summed E-state index contributed by atoms with van der Waals surface area (Å²) >= 11 is 0. The van der Waals surface area contributed by atoms with Gasteiger partial charge >= 0.3 is 6.03 Å². The Morgan fingerprint density at radius 3 is 2.24 bits per heavy atom. The van der Waals surface area contributed by atoms with E-state index in [1.807, 2.05) is 48.5 Å². The molecule has 0 heterocycles. The Bertz CT molecular complexity index is 641. The smallest absolute Gasteiger partial charge is 0.317 e. The van der Waals surface area contributed by atoms with E-state index in [0.29, 0.717) is 19.6 Å². The number of aliphatic hydroxyl groups excluding tert-OH is 1. The quantitative estimate of drug-likeness (QED) is 0.772. The van der Waals surface area contributed by atoms with E-state index in [2.05, 4.69) is 31.3 Å². The summed E-state index contributed by atoms with van der Waals surface area (Å²) in [5, 5.41) is 12.2. The Labute approximate surface area is 150 Å². The minimum Gasteiger partial charge on any atom is -0.395 e. The highest BCUT2D eigenvalue weighted by Gasteiger charge is 2.21. The SMILES string of the molecule is CC(C)(CCNC(=O)N(CCO)Cc1ccccc1)c1ccccc1. The monoisotopic (exact) mass is 340 g/mol. The van der Waals surface area contributed by atoms with E-state index in [4.69, 9.17) is 0 Å². The average Bonchev–Trinajstić information content (AvgIpc) is 2.63. The predicted octanol–water partition coefficient (Wildman–Crippen LogP) is 3.56. The Balaban J connectivity index is 1.88. The average molecular weight is 340 g/mol. The molecule has 0 atom stereocenters. The molecule has 0 saturated heterocycles. The molecule has 2 rings (SSSR count). The zero-order valence-corrected chi connectivity index (χ0v) is 15.1. The van der Waals surface area contributed by atoms with E-state index < -0.39 is 0 Å². The van der Waals surface area contributed by atoms with E-state index in [1.165, 1.54) is 5.56 Å². The molecule has 0 bridgehead atoms. The summed E-state index contributed by atoms with van der Waals surface area (Å²) in [5.74, 6) is 0. The number of hydrogen-bond acceptors (Lipinski definition) is 2. The fourth-order valence-corrected chi connectivity index (χ4v) is 2.80. The number of carbonyl (C=O) groups is 1. The van der Waals surface area contributed by atoms with Gasteiger partial charge in [0.2, 0.25) is 0 Å². The maximum Gasteiger partial charge on any atom is 0.317 e. The van der Waals surface area contributed by atoms with Gasteiger partial charge in [0.25, 0.3) is 0 Å². The second kappa shape index (κ2) is 9.23. The van der Waals surface area contributed by atoms with E-state index in [1.54, 1.807) is 4.90 Å². The molecule has 25 heavy (non-hydrogen) atoms. The highest BCUT2D eigenvalue weighted by molar-refractivity contribution is 5.74. The molecule has 2 aromatic carbocycles. The number of benzene rings is 2. The number of nitrogens with one attached hydrogen (secondary N) is 1. The largest absolute Gasteiger partial charge is 0.395 e. The molecule has 2 aromatic rings. The summed E-state index contributed by atoms with van der Waals surface area (Å²) in [7, 11) is 0. The zero-order chi connectivity index (χ0) is 18.1. The first-order valence-electron chi connectivity index (χ1n) is 8.76. The zero-order valence-electron chi connectivity index (χ0n) is 15.1. The predicted molar refractivity (Wildman–Crippen MR) is 101 cm³/mol. The molecule has 4 nitrogen and oxygen atoms in total. The molecule has 0 aromatic heterocycles. The maximum atomic E-state index is 12.5. The van der Waals surface area contributed by atoms with E-state index in [0.717, 1.165) is 12.0 Å². The minimum absolute atomic E-state index is 0.00419. The van der Waals surface area contributed by atoms with Crippen molar-refractivity contribution >= 4 is 6.03 Å². The van der Waals surface area contributed by atoms with Gasteiger partial charge in [-0.25, -0.2) is 4.79 Å². The molecular formula is C21H28N2O2. The van der Waals surface area contributed by atoms with Crippen molar-refractivity contribution in [3.8, 4) is 0 Å². The first kappa shape index (κ1) is 19.0. The molecule has 4 heteroatoms. The van der Waals surface area contributed by atoms with Crippen molar-refractivity contribution in [2.24, 2.45) is 0 Å². The van der Waals surface area contributed by atoms with Gasteiger partial charge in [-0.15, -0.1) is 0 Å². The normalized spacial score (nSPS) is 11.2. The molecule has 134 valence electrons. The van der Waals surface area contributed by atoms with Crippen LogP contribution in [0.1, 0.15) is 31.4 Å². The number of carbonyl (C=O) groups excluding carboxylic acids is 1. The standard InChI is InChI=1S/C21H28N2O2/c1-21(2,19-11-7-4-8-12-19)13-14-22-20(25)23(15-16-24)17-18-9-5-3-6-10-18/h3-12,24H,13-17H2,1-2H3,(H,22,25). The third-order valence-electron chi connectivity index (χ3n) is 4.45. The highest BCUT2D eigenvalue weighted by atomic mass is 16.3. The van der Waals surface area contributed by atoms with E-state index >= 15 is 0 Å². The number of rotatable bonds is 8. The Morgan fingerprint density at radius 2 is 1.64 bits per heavy atom. The Morgan fingerprint density at radius 1 is 1.04 bits per heavy atom. The first-order chi connectivity index (χ1) is 12.0. The van der Waals surface area contributed by atoms with Crippen LogP contribution in [0.25, 0.3) is 0 Å². The van der Waals surface area contributed by atoms with Crippen molar-refractivity contribution in [1.82, 2.24) is 10.2 Å². The summed E-state index contributed by atoms with van der Waals surface area (Å²) in [6, 6.07) is 20.0. The van der Waals surface area contributed by atoms with Crippen molar-refractivity contribution in [3.63, 3.8) is 0 Å². The summed E-state index contributed by atoms with van der Waals surface area (Å²) in [5.41, 5.74) is 2.31. The number of hydrogen-bond donors (Lipinski definition) is 2. The van der Waals surface area contributed by atoms with Gasteiger partial charge in [0.05, 0.1) is 6.61 Å². The molecule has 0 unspecified atom stereocenters. The lowest BCUT2D eigenvalue weighted by Crippen LogP contribution is -2.42. The number of nitrogens with zero attached hydrogens (tertiary/aromatic N) is 1. The van der Waals surface area contributed by atoms with Gasteiger partial charge in [0.15, 0.2) is 0 Å². The van der Waals surface area contributed by atoms with Crippen LogP contribution in [0.15, 0.2) is 60.7 Å². The van der Waals surface area contributed by atoms with Crippen LogP contribution in [-0.2, 0) is 12.0 Å². The second-order valence-corrected chi connectivity index (χ2v) is 6.86. The van der Waals surface area contributed by atoms with Crippen LogP contribution in [-0.4, -0.2) is 35.7 Å². The minimum atomic E-state index is -0.137. The van der Waals surface area contributed by atoms with Crippen LogP contribution in [0.5, 0.6) is 0 Å². The fraction of sp³-hybridized carbons (Fsp3) is 0.381. The van der Waals surface area contributed by atoms with Crippen molar-refractivity contribution in [2.45, 2.75) is 32.2 Å². The van der Waals surface area contributed by atoms with Crippen LogP contribution in [0.4, 0.5) is 4.79 Å². The molecule has 0 aliphatic carbocycles. The number of urea groups is 1. The maximum absolute atomic E-state index is 12.5. The topological polar surface area (TPSA) is 52.6 Å². The van der Waals surface area contributed by atoms with Crippen LogP contribution < -0.4 is 5.32 Å². The molecule has 2 amide bonds. The van der Waals surface area contributed by atoms with Gasteiger partial charge in [-0.05, 0) is 23.0 Å². The van der Waals surface area contributed by atoms with Crippen LogP contribution in [0.2, 0.25) is 0 Å². The lowest BCUT2D eigenvalue weighted by atomic mass is 9.82. The molecule has 0 aliphatic rings. The van der Waals surface area contributed by atoms with Crippen LogP contribution in [0.3, 0.4) is 0 Å². The number of aliphatic hydroxyl groups is 1. The van der Waals surface area contributed by atoms with Gasteiger partial charge in [-0.3, -0.25) is 0 Å². The fourth-order valence-electron chi connectivity index (χ4n) is 2.80. The summed E-state index contributed by atoms with van der Waals surface area (Å²) in [6.07, 6.45) is 0.848. The summed E-state index contributed by atoms with van der Waals surface area (Å²) < 4.78 is 0. The van der Waals surface area contributed by atoms with Gasteiger partial charge in [0, 0.05) is 19.6 Å². The van der Waals surface area contributed by atoms with E-state index in [-0.39, 0.29) is 18.1 Å². The van der Waals surface area contributed by atoms with Gasteiger partial charge in [0.1, 0.15) is 0 Å². The molecule has 0 fully saturated rings. The van der Waals surface area contributed by atoms with E-state index in [9.17, 15) is 9.90 Å². The van der Waals surface area contributed by atoms with Crippen molar-refractivity contribution in [2.75, 3.05) is 19.7 Å². The Hall–Kier alpha value is -2.33. The molecule has 0 spiro atoms. The molecule has 0 radical (unpaired) electrons. The third kappa shape index (κ3) is 5.91.